The minimum Gasteiger partial charge on any atom is -0.480 e. The van der Waals surface area contributed by atoms with Gasteiger partial charge < -0.3 is 10.4 Å². The molecule has 0 fully saturated rings. The lowest BCUT2D eigenvalue weighted by molar-refractivity contribution is -0.139. The minimum atomic E-state index is -4.67. The number of carboxylic acid groups (broad SMARTS) is 1. The van der Waals surface area contributed by atoms with Crippen LogP contribution in [0.15, 0.2) is 24.3 Å². The number of hydrogen-bond acceptors (Lipinski definition) is 2. The Morgan fingerprint density at radius 1 is 1.08 bits per heavy atom. The van der Waals surface area contributed by atoms with Gasteiger partial charge >= 0.3 is 12.1 Å². The molecule has 1 atom stereocenters. The Labute approximate surface area is 145 Å². The van der Waals surface area contributed by atoms with E-state index in [1.54, 1.807) is 0 Å². The van der Waals surface area contributed by atoms with Crippen molar-refractivity contribution in [3.8, 4) is 0 Å². The standard InChI is InChI=1S/C18H24F3NO3/c1-2-3-4-5-6-7-12-15(17(24)25)22-16(23)13-10-8-9-11-14(13)18(19,20)21/h8-11,15H,2-7,12H2,1H3,(H,22,23)(H,24,25)/t15-/m1/s1. The number of carbonyl (C=O) groups excluding carboxylic acids is 1. The number of alkyl halides is 3. The van der Waals surface area contributed by atoms with Crippen LogP contribution in [0, 0.1) is 0 Å². The fraction of sp³-hybridized carbons (Fsp3) is 0.556. The first-order chi connectivity index (χ1) is 11.8. The summed E-state index contributed by atoms with van der Waals surface area (Å²) in [5.41, 5.74) is -1.64. The van der Waals surface area contributed by atoms with E-state index in [2.05, 4.69) is 12.2 Å². The maximum Gasteiger partial charge on any atom is 0.417 e. The van der Waals surface area contributed by atoms with Crippen molar-refractivity contribution in [2.24, 2.45) is 0 Å². The Kier molecular flexibility index (Phi) is 8.45. The number of halogens is 3. The molecule has 0 bridgehead atoms. The van der Waals surface area contributed by atoms with Gasteiger partial charge in [0.15, 0.2) is 0 Å². The Hall–Kier alpha value is -2.05. The Morgan fingerprint density at radius 2 is 1.68 bits per heavy atom. The smallest absolute Gasteiger partial charge is 0.417 e. The molecule has 7 heteroatoms. The number of amides is 1. The summed E-state index contributed by atoms with van der Waals surface area (Å²) in [6.07, 6.45) is 1.22. The maximum absolute atomic E-state index is 13.0. The first kappa shape index (κ1) is 21.0. The van der Waals surface area contributed by atoms with E-state index < -0.39 is 35.2 Å². The largest absolute Gasteiger partial charge is 0.480 e. The average molecular weight is 359 g/mol. The van der Waals surface area contributed by atoms with Gasteiger partial charge in [-0.2, -0.15) is 13.2 Å². The lowest BCUT2D eigenvalue weighted by atomic mass is 10.0. The highest BCUT2D eigenvalue weighted by molar-refractivity contribution is 5.98. The van der Waals surface area contributed by atoms with E-state index in [4.69, 9.17) is 0 Å². The maximum atomic E-state index is 13.0. The Morgan fingerprint density at radius 3 is 2.28 bits per heavy atom. The summed E-state index contributed by atoms with van der Waals surface area (Å²) in [7, 11) is 0. The summed E-state index contributed by atoms with van der Waals surface area (Å²) in [5, 5.41) is 11.4. The van der Waals surface area contributed by atoms with Gasteiger partial charge in [-0.3, -0.25) is 4.79 Å². The zero-order chi connectivity index (χ0) is 18.9. The van der Waals surface area contributed by atoms with Crippen molar-refractivity contribution in [1.82, 2.24) is 5.32 Å². The van der Waals surface area contributed by atoms with Crippen LogP contribution >= 0.6 is 0 Å². The number of unbranched alkanes of at least 4 members (excludes halogenated alkanes) is 5. The number of rotatable bonds is 10. The molecule has 0 radical (unpaired) electrons. The molecule has 2 N–H and O–H groups in total. The van der Waals surface area contributed by atoms with Crippen LogP contribution in [0.2, 0.25) is 0 Å². The van der Waals surface area contributed by atoms with Crippen molar-refractivity contribution in [3.63, 3.8) is 0 Å². The fourth-order valence-corrected chi connectivity index (χ4v) is 2.55. The van der Waals surface area contributed by atoms with Crippen LogP contribution in [0.25, 0.3) is 0 Å². The molecular weight excluding hydrogens is 335 g/mol. The minimum absolute atomic E-state index is 0.196. The van der Waals surface area contributed by atoms with E-state index in [1.807, 2.05) is 0 Å². The number of carboxylic acids is 1. The third-order valence-corrected chi connectivity index (χ3v) is 3.93. The van der Waals surface area contributed by atoms with Crippen LogP contribution < -0.4 is 5.32 Å². The zero-order valence-corrected chi connectivity index (χ0v) is 14.2. The van der Waals surface area contributed by atoms with Crippen molar-refractivity contribution in [2.45, 2.75) is 64.1 Å². The molecule has 0 aliphatic heterocycles. The quantitative estimate of drug-likeness (QED) is 0.598. The van der Waals surface area contributed by atoms with Gasteiger partial charge in [0.05, 0.1) is 11.1 Å². The molecule has 1 rings (SSSR count). The van der Waals surface area contributed by atoms with E-state index in [0.29, 0.717) is 6.42 Å². The Bertz CT molecular complexity index is 573. The molecule has 0 saturated heterocycles. The highest BCUT2D eigenvalue weighted by atomic mass is 19.4. The monoisotopic (exact) mass is 359 g/mol. The van der Waals surface area contributed by atoms with Crippen LogP contribution in [0.5, 0.6) is 0 Å². The third kappa shape index (κ3) is 7.15. The van der Waals surface area contributed by atoms with Gasteiger partial charge in [-0.15, -0.1) is 0 Å². The molecule has 0 heterocycles. The summed E-state index contributed by atoms with van der Waals surface area (Å²) in [6, 6.07) is 3.15. The third-order valence-electron chi connectivity index (χ3n) is 3.93. The summed E-state index contributed by atoms with van der Waals surface area (Å²) < 4.78 is 38.9. The van der Waals surface area contributed by atoms with E-state index >= 15 is 0 Å². The topological polar surface area (TPSA) is 66.4 Å². The number of carbonyl (C=O) groups is 2. The van der Waals surface area contributed by atoms with E-state index in [0.717, 1.165) is 44.2 Å². The molecule has 0 unspecified atom stereocenters. The SMILES string of the molecule is CCCCCCCC[C@@H](NC(=O)c1ccccc1C(F)(F)F)C(=O)O. The molecule has 0 aliphatic carbocycles. The lowest BCUT2D eigenvalue weighted by Crippen LogP contribution is -2.41. The summed E-state index contributed by atoms with van der Waals surface area (Å²) in [5.74, 6) is -2.27. The molecule has 0 aromatic heterocycles. The first-order valence-electron chi connectivity index (χ1n) is 8.47. The van der Waals surface area contributed by atoms with Gasteiger partial charge in [0.1, 0.15) is 6.04 Å². The van der Waals surface area contributed by atoms with Gasteiger partial charge in [0.2, 0.25) is 0 Å². The molecule has 0 spiro atoms. The van der Waals surface area contributed by atoms with Crippen molar-refractivity contribution >= 4 is 11.9 Å². The van der Waals surface area contributed by atoms with Gasteiger partial charge in [0.25, 0.3) is 5.91 Å². The van der Waals surface area contributed by atoms with Crippen molar-refractivity contribution in [1.29, 1.82) is 0 Å². The second-order valence-electron chi connectivity index (χ2n) is 5.96. The summed E-state index contributed by atoms with van der Waals surface area (Å²) >= 11 is 0. The van der Waals surface area contributed by atoms with Gasteiger partial charge in [-0.25, -0.2) is 4.79 Å². The normalized spacial score (nSPS) is 12.6. The van der Waals surface area contributed by atoms with Gasteiger partial charge in [-0.05, 0) is 18.6 Å². The second kappa shape index (κ2) is 10.1. The molecule has 25 heavy (non-hydrogen) atoms. The van der Waals surface area contributed by atoms with Crippen molar-refractivity contribution in [3.05, 3.63) is 35.4 Å². The second-order valence-corrected chi connectivity index (χ2v) is 5.96. The zero-order valence-electron chi connectivity index (χ0n) is 14.2. The van der Waals surface area contributed by atoms with Gasteiger partial charge in [-0.1, -0.05) is 57.6 Å². The van der Waals surface area contributed by atoms with Crippen LogP contribution in [-0.4, -0.2) is 23.0 Å². The van der Waals surface area contributed by atoms with E-state index in [9.17, 15) is 27.9 Å². The first-order valence-corrected chi connectivity index (χ1v) is 8.47. The summed E-state index contributed by atoms with van der Waals surface area (Å²) in [6.45, 7) is 2.09. The van der Waals surface area contributed by atoms with E-state index in [1.165, 1.54) is 12.1 Å². The lowest BCUT2D eigenvalue weighted by Gasteiger charge is -2.17. The van der Waals surface area contributed by atoms with Crippen molar-refractivity contribution < 1.29 is 27.9 Å². The molecule has 1 aromatic carbocycles. The molecule has 1 aromatic rings. The van der Waals surface area contributed by atoms with Crippen LogP contribution in [0.1, 0.15) is 67.8 Å². The molecule has 4 nitrogen and oxygen atoms in total. The van der Waals surface area contributed by atoms with Crippen LogP contribution in [0.3, 0.4) is 0 Å². The molecule has 0 aliphatic rings. The van der Waals surface area contributed by atoms with Crippen LogP contribution in [0.4, 0.5) is 13.2 Å². The summed E-state index contributed by atoms with van der Waals surface area (Å²) in [4.78, 5) is 23.4. The molecule has 0 saturated carbocycles. The average Bonchev–Trinajstić information content (AvgIpc) is 2.55. The molecular formula is C18H24F3NO3. The highest BCUT2D eigenvalue weighted by Crippen LogP contribution is 2.31. The molecule has 1 amide bonds. The van der Waals surface area contributed by atoms with Crippen molar-refractivity contribution in [2.75, 3.05) is 0 Å². The molecule has 140 valence electrons. The Balaban J connectivity index is 2.67. The van der Waals surface area contributed by atoms with Crippen LogP contribution in [-0.2, 0) is 11.0 Å². The number of hydrogen-bond donors (Lipinski definition) is 2. The number of nitrogens with one attached hydrogen (secondary N) is 1. The number of benzene rings is 1. The predicted molar refractivity (Wildman–Crippen MR) is 88.3 cm³/mol. The van der Waals surface area contributed by atoms with Gasteiger partial charge in [0, 0.05) is 0 Å². The fourth-order valence-electron chi connectivity index (χ4n) is 2.55. The highest BCUT2D eigenvalue weighted by Gasteiger charge is 2.35. The number of aliphatic carboxylic acids is 1. The predicted octanol–water partition coefficient (Wildman–Crippen LogP) is 4.64. The van der Waals surface area contributed by atoms with E-state index in [-0.39, 0.29) is 6.42 Å².